The molecule has 0 aromatic heterocycles. The largest absolute Gasteiger partial charge is 0.497 e. The van der Waals surface area contributed by atoms with E-state index in [1.54, 1.807) is 13.2 Å². The Morgan fingerprint density at radius 2 is 1.60 bits per heavy atom. The van der Waals surface area contributed by atoms with E-state index in [-0.39, 0.29) is 22.9 Å². The van der Waals surface area contributed by atoms with Crippen LogP contribution in [-0.2, 0) is 35.6 Å². The highest BCUT2D eigenvalue weighted by atomic mass is 28.4. The van der Waals surface area contributed by atoms with E-state index < -0.39 is 44.2 Å². The molecule has 0 amide bonds. The Morgan fingerprint density at radius 3 is 2.11 bits per heavy atom. The van der Waals surface area contributed by atoms with Gasteiger partial charge in [-0.2, -0.15) is 13.2 Å². The molecule has 2 aromatic rings. The average molecular weight is 677 g/mol. The lowest BCUT2D eigenvalue weighted by Crippen LogP contribution is -2.54. The normalized spacial score (nSPS) is 16.5. The van der Waals surface area contributed by atoms with Crippen LogP contribution in [0, 0.1) is 24.2 Å². The molecule has 0 radical (unpaired) electrons. The zero-order valence-electron chi connectivity index (χ0n) is 29.1. The van der Waals surface area contributed by atoms with Crippen LogP contribution in [0.3, 0.4) is 0 Å². The van der Waals surface area contributed by atoms with Gasteiger partial charge >= 0.3 is 12.1 Å². The smallest absolute Gasteiger partial charge is 0.432 e. The second-order valence-electron chi connectivity index (χ2n) is 13.4. The third-order valence-electron chi connectivity index (χ3n) is 8.97. The molecule has 2 aromatic carbocycles. The summed E-state index contributed by atoms with van der Waals surface area (Å²) in [7, 11) is 0.0781. The fourth-order valence-corrected chi connectivity index (χ4v) is 6.49. The van der Waals surface area contributed by atoms with Gasteiger partial charge in [-0.1, -0.05) is 89.2 Å². The first-order valence-corrected chi connectivity index (χ1v) is 18.7. The van der Waals surface area contributed by atoms with E-state index >= 15 is 0 Å². The summed E-state index contributed by atoms with van der Waals surface area (Å²) in [6, 6.07) is 14.4. The molecule has 47 heavy (non-hydrogen) atoms. The second-order valence-corrected chi connectivity index (χ2v) is 18.1. The van der Waals surface area contributed by atoms with Gasteiger partial charge in [0.2, 0.25) is 0 Å². The number of terminal acetylenes is 1. The van der Waals surface area contributed by atoms with Crippen molar-refractivity contribution in [1.29, 1.82) is 0 Å². The lowest BCUT2D eigenvalue weighted by Gasteiger charge is -2.44. The Hall–Kier alpha value is -3.10. The highest BCUT2D eigenvalue weighted by molar-refractivity contribution is 6.74. The fourth-order valence-electron chi connectivity index (χ4n) is 5.01. The molecule has 0 aliphatic heterocycles. The first kappa shape index (κ1) is 40.1. The molecule has 260 valence electrons. The summed E-state index contributed by atoms with van der Waals surface area (Å²) in [5.74, 6) is 1.06. The Bertz CT molecular complexity index is 1310. The Labute approximate surface area is 280 Å². The second kappa shape index (κ2) is 17.3. The Morgan fingerprint density at radius 1 is 0.979 bits per heavy atom. The van der Waals surface area contributed by atoms with Gasteiger partial charge in [0.1, 0.15) is 11.9 Å². The quantitative estimate of drug-likeness (QED) is 0.0549. The first-order chi connectivity index (χ1) is 21.9. The summed E-state index contributed by atoms with van der Waals surface area (Å²) < 4.78 is 72.5. The number of halogens is 3. The third kappa shape index (κ3) is 10.4. The van der Waals surface area contributed by atoms with Crippen LogP contribution in [-0.4, -0.2) is 53.5 Å². The van der Waals surface area contributed by atoms with Crippen molar-refractivity contribution in [2.24, 2.45) is 11.8 Å². The number of methoxy groups -OCH3 is 2. The van der Waals surface area contributed by atoms with Gasteiger partial charge in [-0.3, -0.25) is 0 Å². The van der Waals surface area contributed by atoms with E-state index in [0.717, 1.165) is 18.4 Å². The van der Waals surface area contributed by atoms with Crippen molar-refractivity contribution in [3.63, 3.8) is 0 Å². The van der Waals surface area contributed by atoms with Crippen LogP contribution >= 0.6 is 0 Å². The van der Waals surface area contributed by atoms with Crippen LogP contribution in [0.1, 0.15) is 58.6 Å². The SMILES string of the molecule is C#CC[C@H](OC(=O)[C@](OC)(c1ccccc1)C(F)(F)F)[C@@H](C)[C@H](O[Si](C)(C)C(C)(C)C)[C@H](C)C/C=C\COCc1ccc(OC)cc1. The van der Waals surface area contributed by atoms with Gasteiger partial charge < -0.3 is 23.4 Å². The molecule has 0 unspecified atom stereocenters. The van der Waals surface area contributed by atoms with Gasteiger partial charge in [-0.15, -0.1) is 12.3 Å². The molecule has 6 nitrogen and oxygen atoms in total. The number of alkyl halides is 3. The zero-order valence-corrected chi connectivity index (χ0v) is 30.1. The van der Waals surface area contributed by atoms with Crippen LogP contribution in [0.5, 0.6) is 5.75 Å². The average Bonchev–Trinajstić information content (AvgIpc) is 3.01. The van der Waals surface area contributed by atoms with Crippen molar-refractivity contribution in [3.8, 4) is 18.1 Å². The molecule has 0 heterocycles. The van der Waals surface area contributed by atoms with Gasteiger partial charge in [0.05, 0.1) is 26.4 Å². The number of esters is 1. The number of rotatable bonds is 17. The van der Waals surface area contributed by atoms with E-state index in [9.17, 15) is 18.0 Å². The maximum absolute atomic E-state index is 14.6. The molecule has 0 aliphatic carbocycles. The lowest BCUT2D eigenvalue weighted by molar-refractivity contribution is -0.279. The van der Waals surface area contributed by atoms with E-state index in [1.807, 2.05) is 50.3 Å². The number of carbonyl (C=O) groups excluding carboxylic acids is 1. The summed E-state index contributed by atoms with van der Waals surface area (Å²) in [6.45, 7) is 15.2. The molecule has 5 atom stereocenters. The van der Waals surface area contributed by atoms with Crippen LogP contribution in [0.25, 0.3) is 0 Å². The van der Waals surface area contributed by atoms with E-state index in [2.05, 4.69) is 39.8 Å². The summed E-state index contributed by atoms with van der Waals surface area (Å²) >= 11 is 0. The standard InChI is InChI=1S/C37H51F3O6Si/c1-11-17-32(45-34(41)36(43-8,37(38,39)40)30-19-13-12-14-20-30)28(3)33(46-47(9,10)35(4,5)6)27(2)18-15-16-25-44-26-29-21-23-31(42-7)24-22-29/h1,12-16,19-24,27-28,32-33H,17-18,25-26H2,2-10H3/b16-15-/t27-,28-,32+,33-,36-/m1/s1. The number of hydrogen-bond acceptors (Lipinski definition) is 6. The summed E-state index contributed by atoms with van der Waals surface area (Å²) in [5, 5.41) is -0.150. The van der Waals surface area contributed by atoms with E-state index in [0.29, 0.717) is 19.6 Å². The highest BCUT2D eigenvalue weighted by Crippen LogP contribution is 2.44. The van der Waals surface area contributed by atoms with Crippen LogP contribution in [0.4, 0.5) is 13.2 Å². The van der Waals surface area contributed by atoms with Gasteiger partial charge in [-0.25, -0.2) is 4.79 Å². The third-order valence-corrected chi connectivity index (χ3v) is 13.4. The first-order valence-electron chi connectivity index (χ1n) is 15.8. The minimum atomic E-state index is -5.10. The molecule has 0 bridgehead atoms. The highest BCUT2D eigenvalue weighted by Gasteiger charge is 2.64. The van der Waals surface area contributed by atoms with Crippen molar-refractivity contribution in [2.75, 3.05) is 20.8 Å². The summed E-state index contributed by atoms with van der Waals surface area (Å²) in [5.41, 5.74) is -2.68. The molecule has 0 aliphatic rings. The van der Waals surface area contributed by atoms with Crippen LogP contribution in [0.2, 0.25) is 18.1 Å². The molecular formula is C37H51F3O6Si. The number of ether oxygens (including phenoxy) is 4. The number of carbonyl (C=O) groups is 1. The van der Waals surface area contributed by atoms with E-state index in [1.165, 1.54) is 24.3 Å². The van der Waals surface area contributed by atoms with Crippen molar-refractivity contribution < 1.29 is 41.3 Å². The predicted molar refractivity (Wildman–Crippen MR) is 181 cm³/mol. The number of hydrogen-bond donors (Lipinski definition) is 0. The van der Waals surface area contributed by atoms with Gasteiger partial charge in [0.25, 0.3) is 5.60 Å². The van der Waals surface area contributed by atoms with Crippen LogP contribution < -0.4 is 4.74 Å². The molecule has 0 N–H and O–H groups in total. The van der Waals surface area contributed by atoms with Crippen molar-refractivity contribution in [3.05, 3.63) is 77.9 Å². The monoisotopic (exact) mass is 676 g/mol. The summed E-state index contributed by atoms with van der Waals surface area (Å²) in [4.78, 5) is 13.6. The van der Waals surface area contributed by atoms with Gasteiger partial charge in [0, 0.05) is 25.0 Å². The number of benzene rings is 2. The van der Waals surface area contributed by atoms with Gasteiger partial charge in [0.15, 0.2) is 8.32 Å². The van der Waals surface area contributed by atoms with Crippen molar-refractivity contribution >= 4 is 14.3 Å². The summed E-state index contributed by atoms with van der Waals surface area (Å²) in [6.07, 6.45) is 3.47. The van der Waals surface area contributed by atoms with Gasteiger partial charge in [-0.05, 0) is 48.2 Å². The van der Waals surface area contributed by atoms with Crippen molar-refractivity contribution in [1.82, 2.24) is 0 Å². The molecular weight excluding hydrogens is 625 g/mol. The van der Waals surface area contributed by atoms with Crippen molar-refractivity contribution in [2.45, 2.75) is 96.2 Å². The maximum atomic E-state index is 14.6. The topological polar surface area (TPSA) is 63.2 Å². The molecule has 0 spiro atoms. The zero-order chi connectivity index (χ0) is 35.5. The van der Waals surface area contributed by atoms with Crippen LogP contribution in [0.15, 0.2) is 66.7 Å². The Kier molecular flexibility index (Phi) is 14.8. The lowest BCUT2D eigenvalue weighted by atomic mass is 9.86. The molecule has 2 rings (SSSR count). The van der Waals surface area contributed by atoms with E-state index in [4.69, 9.17) is 29.8 Å². The molecule has 10 heteroatoms. The molecule has 0 saturated carbocycles. The number of allylic oxidation sites excluding steroid dienone is 1. The molecule has 0 saturated heterocycles. The Balaban J connectivity index is 2.30. The minimum Gasteiger partial charge on any atom is -0.497 e. The fraction of sp³-hybridized carbons (Fsp3) is 0.541. The molecule has 0 fully saturated rings. The predicted octanol–water partition coefficient (Wildman–Crippen LogP) is 8.86. The minimum absolute atomic E-state index is 0.0974. The maximum Gasteiger partial charge on any atom is 0.432 e.